The average molecular weight is 294 g/mol. The van der Waals surface area contributed by atoms with Gasteiger partial charge in [0.1, 0.15) is 11.4 Å². The summed E-state index contributed by atoms with van der Waals surface area (Å²) in [5.74, 6) is 0.966. The first-order chi connectivity index (χ1) is 9.85. The number of carbonyl (C=O) groups is 1. The zero-order valence-electron chi connectivity index (χ0n) is 13.4. The molecule has 2 rings (SSSR count). The Bertz CT molecular complexity index is 451. The summed E-state index contributed by atoms with van der Waals surface area (Å²) in [5.41, 5.74) is -0.458. The number of ether oxygens (including phenoxy) is 1. The topological polar surface area (TPSA) is 54.7 Å². The van der Waals surface area contributed by atoms with E-state index in [2.05, 4.69) is 17.1 Å². The van der Waals surface area contributed by atoms with Crippen molar-refractivity contribution in [3.05, 3.63) is 24.2 Å². The highest BCUT2D eigenvalue weighted by Crippen LogP contribution is 2.24. The minimum Gasteiger partial charge on any atom is -0.468 e. The van der Waals surface area contributed by atoms with Crippen LogP contribution in [-0.2, 0) is 4.74 Å². The molecular formula is C16H26N2O3. The lowest BCUT2D eigenvalue weighted by Gasteiger charge is -2.36. The zero-order valence-corrected chi connectivity index (χ0v) is 13.4. The van der Waals surface area contributed by atoms with Gasteiger partial charge in [0.05, 0.1) is 12.3 Å². The summed E-state index contributed by atoms with van der Waals surface area (Å²) in [4.78, 5) is 14.2. The number of likely N-dealkylation sites (tertiary alicyclic amines) is 1. The molecule has 5 nitrogen and oxygen atoms in total. The number of carbonyl (C=O) groups excluding carboxylic acids is 1. The van der Waals surface area contributed by atoms with Crippen LogP contribution in [0.2, 0.25) is 0 Å². The standard InChI is InChI=1S/C16H26N2O3/c1-12(14-8-6-10-20-14)18-9-5-7-13(11-18)17-15(19)21-16(2,3)4/h6,8,10,12-13H,5,7,9,11H2,1-4H3,(H,17,19)/t12-,13-/m0/s1. The molecule has 0 bridgehead atoms. The largest absolute Gasteiger partial charge is 0.468 e. The molecule has 0 unspecified atom stereocenters. The van der Waals surface area contributed by atoms with Crippen LogP contribution in [-0.4, -0.2) is 35.7 Å². The van der Waals surface area contributed by atoms with Gasteiger partial charge >= 0.3 is 6.09 Å². The number of nitrogens with zero attached hydrogens (tertiary/aromatic N) is 1. The van der Waals surface area contributed by atoms with Crippen molar-refractivity contribution in [3.8, 4) is 0 Å². The van der Waals surface area contributed by atoms with Gasteiger partial charge in [-0.15, -0.1) is 0 Å². The van der Waals surface area contributed by atoms with Crippen LogP contribution in [0, 0.1) is 0 Å². The van der Waals surface area contributed by atoms with Crippen LogP contribution < -0.4 is 5.32 Å². The second kappa shape index (κ2) is 6.52. The van der Waals surface area contributed by atoms with Crippen molar-refractivity contribution in [1.82, 2.24) is 10.2 Å². The van der Waals surface area contributed by atoms with Crippen LogP contribution in [0.1, 0.15) is 52.3 Å². The van der Waals surface area contributed by atoms with E-state index in [1.54, 1.807) is 6.26 Å². The van der Waals surface area contributed by atoms with Gasteiger partial charge in [-0.3, -0.25) is 4.90 Å². The van der Waals surface area contributed by atoms with Gasteiger partial charge in [-0.25, -0.2) is 4.79 Å². The van der Waals surface area contributed by atoms with Crippen molar-refractivity contribution in [2.45, 2.75) is 58.2 Å². The number of nitrogens with one attached hydrogen (secondary N) is 1. The Morgan fingerprint density at radius 1 is 1.52 bits per heavy atom. The van der Waals surface area contributed by atoms with Crippen LogP contribution >= 0.6 is 0 Å². The molecular weight excluding hydrogens is 268 g/mol. The molecule has 1 fully saturated rings. The quantitative estimate of drug-likeness (QED) is 0.929. The SMILES string of the molecule is C[C@@H](c1ccco1)N1CCC[C@H](NC(=O)OC(C)(C)C)C1. The maximum absolute atomic E-state index is 11.9. The molecule has 2 atom stereocenters. The van der Waals surface area contributed by atoms with Crippen molar-refractivity contribution in [2.75, 3.05) is 13.1 Å². The first kappa shape index (κ1) is 15.9. The fraction of sp³-hybridized carbons (Fsp3) is 0.688. The third-order valence-electron chi connectivity index (χ3n) is 3.68. The molecule has 118 valence electrons. The van der Waals surface area contributed by atoms with Gasteiger partial charge in [0.15, 0.2) is 0 Å². The van der Waals surface area contributed by atoms with Crippen LogP contribution in [0.4, 0.5) is 4.79 Å². The lowest BCUT2D eigenvalue weighted by molar-refractivity contribution is 0.0453. The maximum Gasteiger partial charge on any atom is 0.407 e. The fourth-order valence-corrected chi connectivity index (χ4v) is 2.66. The Morgan fingerprint density at radius 2 is 2.29 bits per heavy atom. The molecule has 1 aromatic heterocycles. The number of piperidine rings is 1. The summed E-state index contributed by atoms with van der Waals surface area (Å²) in [6, 6.07) is 4.26. The Labute approximate surface area is 126 Å². The molecule has 1 aliphatic heterocycles. The van der Waals surface area contributed by atoms with Crippen LogP contribution in [0.25, 0.3) is 0 Å². The van der Waals surface area contributed by atoms with Gasteiger partial charge in [-0.05, 0) is 59.2 Å². The lowest BCUT2D eigenvalue weighted by atomic mass is 10.0. The van der Waals surface area contributed by atoms with E-state index in [1.807, 2.05) is 32.9 Å². The van der Waals surface area contributed by atoms with Crippen LogP contribution in [0.15, 0.2) is 22.8 Å². The minimum absolute atomic E-state index is 0.131. The summed E-state index contributed by atoms with van der Waals surface area (Å²) in [7, 11) is 0. The Kier molecular flexibility index (Phi) is 4.93. The molecule has 1 aromatic rings. The summed E-state index contributed by atoms with van der Waals surface area (Å²) in [5, 5.41) is 2.97. The van der Waals surface area contributed by atoms with Crippen molar-refractivity contribution < 1.29 is 13.9 Å². The fourth-order valence-electron chi connectivity index (χ4n) is 2.66. The van der Waals surface area contributed by atoms with Crippen molar-refractivity contribution in [2.24, 2.45) is 0 Å². The summed E-state index contributed by atoms with van der Waals surface area (Å²) >= 11 is 0. The van der Waals surface area contributed by atoms with Crippen molar-refractivity contribution >= 4 is 6.09 Å². The number of hydrogen-bond acceptors (Lipinski definition) is 4. The number of hydrogen-bond donors (Lipinski definition) is 1. The highest BCUT2D eigenvalue weighted by atomic mass is 16.6. The first-order valence-electron chi connectivity index (χ1n) is 7.62. The number of amides is 1. The maximum atomic E-state index is 11.9. The van der Waals surface area contributed by atoms with Gasteiger partial charge in [-0.1, -0.05) is 0 Å². The van der Waals surface area contributed by atoms with Gasteiger partial charge in [0.25, 0.3) is 0 Å². The van der Waals surface area contributed by atoms with E-state index >= 15 is 0 Å². The molecule has 0 aliphatic carbocycles. The van der Waals surface area contributed by atoms with E-state index < -0.39 is 5.60 Å². The second-order valence-electron chi connectivity index (χ2n) is 6.67. The Balaban J connectivity index is 1.87. The first-order valence-corrected chi connectivity index (χ1v) is 7.62. The predicted molar refractivity (Wildman–Crippen MR) is 81.1 cm³/mol. The summed E-state index contributed by atoms with van der Waals surface area (Å²) in [6.45, 7) is 9.60. The van der Waals surface area contributed by atoms with E-state index in [-0.39, 0.29) is 18.2 Å². The lowest BCUT2D eigenvalue weighted by Crippen LogP contribution is -2.49. The predicted octanol–water partition coefficient (Wildman–Crippen LogP) is 3.33. The molecule has 1 amide bonds. The van der Waals surface area contributed by atoms with Gasteiger partial charge in [0.2, 0.25) is 0 Å². The number of furan rings is 1. The summed E-state index contributed by atoms with van der Waals surface area (Å²) in [6.07, 6.45) is 3.42. The zero-order chi connectivity index (χ0) is 15.5. The van der Waals surface area contributed by atoms with Gasteiger partial charge in [0, 0.05) is 12.6 Å². The van der Waals surface area contributed by atoms with E-state index in [0.29, 0.717) is 0 Å². The highest BCUT2D eigenvalue weighted by molar-refractivity contribution is 5.68. The van der Waals surface area contributed by atoms with Gasteiger partial charge in [-0.2, -0.15) is 0 Å². The molecule has 1 aliphatic rings. The molecule has 21 heavy (non-hydrogen) atoms. The third-order valence-corrected chi connectivity index (χ3v) is 3.68. The Hall–Kier alpha value is -1.49. The van der Waals surface area contributed by atoms with Gasteiger partial charge < -0.3 is 14.5 Å². The van der Waals surface area contributed by atoms with E-state index in [1.165, 1.54) is 0 Å². The molecule has 5 heteroatoms. The third kappa shape index (κ3) is 4.77. The molecule has 0 spiro atoms. The van der Waals surface area contributed by atoms with E-state index in [9.17, 15) is 4.79 Å². The van der Waals surface area contributed by atoms with Crippen LogP contribution in [0.5, 0.6) is 0 Å². The normalized spacial score (nSPS) is 21.8. The molecule has 0 radical (unpaired) electrons. The highest BCUT2D eigenvalue weighted by Gasteiger charge is 2.27. The number of rotatable bonds is 3. The second-order valence-corrected chi connectivity index (χ2v) is 6.67. The molecule has 1 N–H and O–H groups in total. The Morgan fingerprint density at radius 3 is 2.90 bits per heavy atom. The van der Waals surface area contributed by atoms with Crippen molar-refractivity contribution in [1.29, 1.82) is 0 Å². The molecule has 0 aromatic carbocycles. The molecule has 2 heterocycles. The summed E-state index contributed by atoms with van der Waals surface area (Å²) < 4.78 is 10.8. The smallest absolute Gasteiger partial charge is 0.407 e. The van der Waals surface area contributed by atoms with Crippen LogP contribution in [0.3, 0.4) is 0 Å². The monoisotopic (exact) mass is 294 g/mol. The van der Waals surface area contributed by atoms with E-state index in [4.69, 9.17) is 9.15 Å². The van der Waals surface area contributed by atoms with Crippen molar-refractivity contribution in [3.63, 3.8) is 0 Å². The number of alkyl carbamates (subject to hydrolysis) is 1. The van der Waals surface area contributed by atoms with E-state index in [0.717, 1.165) is 31.7 Å². The molecule has 0 saturated carbocycles. The average Bonchev–Trinajstić information content (AvgIpc) is 2.89. The molecule has 1 saturated heterocycles. The minimum atomic E-state index is -0.458.